The molecule has 0 spiro atoms. The van der Waals surface area contributed by atoms with Crippen LogP contribution in [0.3, 0.4) is 0 Å². The highest BCUT2D eigenvalue weighted by Crippen LogP contribution is 2.11. The summed E-state index contributed by atoms with van der Waals surface area (Å²) in [5, 5.41) is 10.4. The van der Waals surface area contributed by atoms with Crippen molar-refractivity contribution in [3.8, 4) is 0 Å². The fraction of sp³-hybridized carbons (Fsp3) is 0.357. The van der Waals surface area contributed by atoms with Crippen LogP contribution in [0.2, 0.25) is 0 Å². The summed E-state index contributed by atoms with van der Waals surface area (Å²) < 4.78 is 5.13. The largest absolute Gasteiger partial charge is 0.380 e. The van der Waals surface area contributed by atoms with E-state index in [1.165, 1.54) is 11.1 Å². The van der Waals surface area contributed by atoms with Crippen LogP contribution in [0.4, 0.5) is 0 Å². The summed E-state index contributed by atoms with van der Waals surface area (Å²) in [7, 11) is 1.71. The van der Waals surface area contributed by atoms with Gasteiger partial charge in [0, 0.05) is 25.9 Å². The molecule has 0 radical (unpaired) electrons. The minimum absolute atomic E-state index is 0.263. The van der Waals surface area contributed by atoms with Crippen LogP contribution in [0.15, 0.2) is 36.5 Å². The summed E-state index contributed by atoms with van der Waals surface area (Å²) in [6, 6.07) is 10.7. The smallest absolute Gasteiger partial charge is 0.0713 e. The molecule has 18 heavy (non-hydrogen) atoms. The average molecular weight is 245 g/mol. The van der Waals surface area contributed by atoms with E-state index in [1.54, 1.807) is 13.3 Å². The molecule has 0 fully saturated rings. The lowest BCUT2D eigenvalue weighted by atomic mass is 10.1. The zero-order chi connectivity index (χ0) is 12.8. The van der Waals surface area contributed by atoms with E-state index in [0.29, 0.717) is 6.61 Å². The van der Waals surface area contributed by atoms with Gasteiger partial charge in [-0.2, -0.15) is 5.10 Å². The number of H-pyrrole nitrogens is 1. The van der Waals surface area contributed by atoms with Crippen molar-refractivity contribution in [1.82, 2.24) is 15.5 Å². The van der Waals surface area contributed by atoms with Crippen LogP contribution in [0.1, 0.15) is 29.8 Å². The topological polar surface area (TPSA) is 49.9 Å². The predicted molar refractivity (Wildman–Crippen MR) is 71.0 cm³/mol. The second-order valence-corrected chi connectivity index (χ2v) is 4.37. The second kappa shape index (κ2) is 6.33. The van der Waals surface area contributed by atoms with Crippen LogP contribution >= 0.6 is 0 Å². The summed E-state index contributed by atoms with van der Waals surface area (Å²) in [5.74, 6) is 0. The summed E-state index contributed by atoms with van der Waals surface area (Å²) in [6.45, 7) is 3.61. The van der Waals surface area contributed by atoms with Crippen molar-refractivity contribution in [3.05, 3.63) is 53.3 Å². The molecule has 2 N–H and O–H groups in total. The molecule has 0 bridgehead atoms. The Balaban J connectivity index is 1.91. The molecule has 0 saturated carbocycles. The van der Waals surface area contributed by atoms with Gasteiger partial charge in [-0.3, -0.25) is 5.10 Å². The molecule has 1 atom stereocenters. The second-order valence-electron chi connectivity index (χ2n) is 4.37. The monoisotopic (exact) mass is 245 g/mol. The first-order valence-corrected chi connectivity index (χ1v) is 6.09. The SMILES string of the molecule is COCc1cccc(CNC(C)c2ccn[nH]2)c1. The Labute approximate surface area is 107 Å². The van der Waals surface area contributed by atoms with Gasteiger partial charge in [0.05, 0.1) is 12.3 Å². The predicted octanol–water partition coefficient (Wildman–Crippen LogP) is 2.41. The molecule has 4 heteroatoms. The summed E-state index contributed by atoms with van der Waals surface area (Å²) in [4.78, 5) is 0. The third kappa shape index (κ3) is 3.42. The fourth-order valence-corrected chi connectivity index (χ4v) is 1.88. The molecule has 2 aromatic rings. The molecule has 0 saturated heterocycles. The minimum atomic E-state index is 0.263. The fourth-order valence-electron chi connectivity index (χ4n) is 1.88. The third-order valence-electron chi connectivity index (χ3n) is 2.90. The molecule has 0 amide bonds. The van der Waals surface area contributed by atoms with Gasteiger partial charge in [-0.05, 0) is 24.1 Å². The molecule has 1 heterocycles. The molecule has 1 aromatic carbocycles. The van der Waals surface area contributed by atoms with Crippen LogP contribution in [0.25, 0.3) is 0 Å². The van der Waals surface area contributed by atoms with E-state index in [2.05, 4.69) is 46.7 Å². The van der Waals surface area contributed by atoms with Gasteiger partial charge in [0.2, 0.25) is 0 Å². The van der Waals surface area contributed by atoms with Gasteiger partial charge >= 0.3 is 0 Å². The number of nitrogens with zero attached hydrogens (tertiary/aromatic N) is 1. The number of rotatable bonds is 6. The van der Waals surface area contributed by atoms with Crippen molar-refractivity contribution < 1.29 is 4.74 Å². The van der Waals surface area contributed by atoms with E-state index < -0.39 is 0 Å². The lowest BCUT2D eigenvalue weighted by Crippen LogP contribution is -2.18. The van der Waals surface area contributed by atoms with E-state index >= 15 is 0 Å². The summed E-state index contributed by atoms with van der Waals surface area (Å²) >= 11 is 0. The van der Waals surface area contributed by atoms with Crippen LogP contribution in [-0.2, 0) is 17.9 Å². The Hall–Kier alpha value is -1.65. The highest BCUT2D eigenvalue weighted by molar-refractivity contribution is 5.23. The number of benzene rings is 1. The molecule has 4 nitrogen and oxygen atoms in total. The molecule has 1 aromatic heterocycles. The third-order valence-corrected chi connectivity index (χ3v) is 2.90. The van der Waals surface area contributed by atoms with Crippen LogP contribution in [0, 0.1) is 0 Å². The van der Waals surface area contributed by atoms with E-state index in [4.69, 9.17) is 4.74 Å². The standard InChI is InChI=1S/C14H19N3O/c1-11(14-6-7-16-17-14)15-9-12-4-3-5-13(8-12)10-18-2/h3-8,11,15H,9-10H2,1-2H3,(H,16,17). The number of methoxy groups -OCH3 is 1. The Kier molecular flexibility index (Phi) is 4.50. The number of nitrogens with one attached hydrogen (secondary N) is 2. The lowest BCUT2D eigenvalue weighted by Gasteiger charge is -2.12. The van der Waals surface area contributed by atoms with Gasteiger partial charge in [-0.15, -0.1) is 0 Å². The maximum Gasteiger partial charge on any atom is 0.0713 e. The van der Waals surface area contributed by atoms with Gasteiger partial charge in [-0.25, -0.2) is 0 Å². The highest BCUT2D eigenvalue weighted by Gasteiger charge is 2.05. The molecule has 0 aliphatic rings. The molecular formula is C14H19N3O. The van der Waals surface area contributed by atoms with Crippen molar-refractivity contribution >= 4 is 0 Å². The van der Waals surface area contributed by atoms with Crippen molar-refractivity contribution in [3.63, 3.8) is 0 Å². The number of hydrogen-bond acceptors (Lipinski definition) is 3. The average Bonchev–Trinajstić information content (AvgIpc) is 2.91. The van der Waals surface area contributed by atoms with Crippen molar-refractivity contribution in [2.45, 2.75) is 26.1 Å². The number of aromatic nitrogens is 2. The molecule has 1 unspecified atom stereocenters. The van der Waals surface area contributed by atoms with E-state index in [1.807, 2.05) is 6.07 Å². The maximum atomic E-state index is 5.13. The van der Waals surface area contributed by atoms with E-state index in [9.17, 15) is 0 Å². The Morgan fingerprint density at radius 2 is 2.17 bits per heavy atom. The van der Waals surface area contributed by atoms with Gasteiger partial charge in [0.1, 0.15) is 0 Å². The zero-order valence-corrected chi connectivity index (χ0v) is 10.8. The van der Waals surface area contributed by atoms with Crippen LogP contribution in [-0.4, -0.2) is 17.3 Å². The molecule has 0 aliphatic carbocycles. The first-order valence-electron chi connectivity index (χ1n) is 6.09. The van der Waals surface area contributed by atoms with Gasteiger partial charge in [-0.1, -0.05) is 24.3 Å². The van der Waals surface area contributed by atoms with Gasteiger partial charge in [0.15, 0.2) is 0 Å². The highest BCUT2D eigenvalue weighted by atomic mass is 16.5. The van der Waals surface area contributed by atoms with Crippen molar-refractivity contribution in [1.29, 1.82) is 0 Å². The molecule has 2 rings (SSSR count). The van der Waals surface area contributed by atoms with Crippen LogP contribution < -0.4 is 5.32 Å². The Morgan fingerprint density at radius 1 is 1.33 bits per heavy atom. The normalized spacial score (nSPS) is 12.6. The number of ether oxygens (including phenoxy) is 1. The number of hydrogen-bond donors (Lipinski definition) is 2. The van der Waals surface area contributed by atoms with E-state index in [-0.39, 0.29) is 6.04 Å². The molecule has 96 valence electrons. The van der Waals surface area contributed by atoms with Gasteiger partial charge in [0.25, 0.3) is 0 Å². The molecular weight excluding hydrogens is 226 g/mol. The van der Waals surface area contributed by atoms with E-state index in [0.717, 1.165) is 12.2 Å². The quantitative estimate of drug-likeness (QED) is 0.821. The van der Waals surface area contributed by atoms with Crippen molar-refractivity contribution in [2.24, 2.45) is 0 Å². The Bertz CT molecular complexity index is 468. The maximum absolute atomic E-state index is 5.13. The summed E-state index contributed by atoms with van der Waals surface area (Å²) in [6.07, 6.45) is 1.77. The minimum Gasteiger partial charge on any atom is -0.380 e. The Morgan fingerprint density at radius 3 is 2.89 bits per heavy atom. The first-order chi connectivity index (χ1) is 8.79. The van der Waals surface area contributed by atoms with Crippen LogP contribution in [0.5, 0.6) is 0 Å². The molecule has 0 aliphatic heterocycles. The zero-order valence-electron chi connectivity index (χ0n) is 10.8. The summed E-state index contributed by atoms with van der Waals surface area (Å²) in [5.41, 5.74) is 3.56. The number of aromatic amines is 1. The lowest BCUT2D eigenvalue weighted by molar-refractivity contribution is 0.185. The first kappa shape index (κ1) is 12.8. The van der Waals surface area contributed by atoms with Gasteiger partial charge < -0.3 is 10.1 Å². The van der Waals surface area contributed by atoms with Crippen molar-refractivity contribution in [2.75, 3.05) is 7.11 Å².